The van der Waals surface area contributed by atoms with E-state index in [1.807, 2.05) is 0 Å². The second-order valence-corrected chi connectivity index (χ2v) is 3.31. The molecule has 2 rings (SSSR count). The van der Waals surface area contributed by atoms with Crippen molar-refractivity contribution in [3.8, 4) is 0 Å². The predicted molar refractivity (Wildman–Crippen MR) is 49.6 cm³/mol. The van der Waals surface area contributed by atoms with Gasteiger partial charge in [0.1, 0.15) is 16.7 Å². The van der Waals surface area contributed by atoms with E-state index in [0.717, 1.165) is 6.92 Å². The van der Waals surface area contributed by atoms with E-state index in [9.17, 15) is 18.0 Å². The van der Waals surface area contributed by atoms with E-state index >= 15 is 0 Å². The van der Waals surface area contributed by atoms with Gasteiger partial charge < -0.3 is 4.42 Å². The third kappa shape index (κ3) is 1.30. The second kappa shape index (κ2) is 3.33. The third-order valence-electron chi connectivity index (χ3n) is 2.23. The molecule has 0 aliphatic carbocycles. The minimum absolute atomic E-state index is 0.154. The molecule has 0 aliphatic heterocycles. The summed E-state index contributed by atoms with van der Waals surface area (Å²) >= 11 is 0. The van der Waals surface area contributed by atoms with Gasteiger partial charge in [0.25, 0.3) is 0 Å². The third-order valence-corrected chi connectivity index (χ3v) is 2.23. The number of fused-ring (bicyclic) bond motifs is 1. The average molecular weight is 229 g/mol. The molecule has 6 heteroatoms. The summed E-state index contributed by atoms with van der Waals surface area (Å²) in [7, 11) is 0. The molecule has 1 aromatic carbocycles. The SMILES string of the molecule is Cc1nc2c(F)c(F)c(C)c(F)c2c(=O)o1. The van der Waals surface area contributed by atoms with E-state index in [4.69, 9.17) is 0 Å². The maximum Gasteiger partial charge on any atom is 0.349 e. The Bertz CT molecular complexity index is 649. The Balaban J connectivity index is 3.15. The van der Waals surface area contributed by atoms with E-state index in [1.165, 1.54) is 6.92 Å². The number of benzene rings is 1. The minimum atomic E-state index is -1.34. The number of aryl methyl sites for hydroxylation is 1. The molecule has 0 saturated carbocycles. The summed E-state index contributed by atoms with van der Waals surface area (Å²) in [6, 6.07) is 0. The van der Waals surface area contributed by atoms with Crippen LogP contribution in [0.4, 0.5) is 13.2 Å². The summed E-state index contributed by atoms with van der Waals surface area (Å²) in [5, 5.41) is -0.665. The molecule has 84 valence electrons. The summed E-state index contributed by atoms with van der Waals surface area (Å²) in [6.45, 7) is 2.32. The van der Waals surface area contributed by atoms with Gasteiger partial charge in [-0.2, -0.15) is 0 Å². The first-order valence-electron chi connectivity index (χ1n) is 4.38. The van der Waals surface area contributed by atoms with Crippen molar-refractivity contribution < 1.29 is 17.6 Å². The Morgan fingerprint density at radius 2 is 1.69 bits per heavy atom. The first-order chi connectivity index (χ1) is 7.43. The summed E-state index contributed by atoms with van der Waals surface area (Å²) in [4.78, 5) is 14.8. The molecule has 0 amide bonds. The molecule has 0 atom stereocenters. The molecule has 1 aromatic heterocycles. The van der Waals surface area contributed by atoms with E-state index in [1.54, 1.807) is 0 Å². The highest BCUT2D eigenvalue weighted by atomic mass is 19.2. The van der Waals surface area contributed by atoms with E-state index in [2.05, 4.69) is 9.40 Å². The topological polar surface area (TPSA) is 43.1 Å². The predicted octanol–water partition coefficient (Wildman–Crippen LogP) is 2.22. The van der Waals surface area contributed by atoms with E-state index in [0.29, 0.717) is 0 Å². The van der Waals surface area contributed by atoms with E-state index in [-0.39, 0.29) is 5.89 Å². The number of hydrogen-bond acceptors (Lipinski definition) is 3. The van der Waals surface area contributed by atoms with Gasteiger partial charge in [0.15, 0.2) is 17.5 Å². The molecule has 2 aromatic rings. The first kappa shape index (κ1) is 10.7. The monoisotopic (exact) mass is 229 g/mol. The summed E-state index contributed by atoms with van der Waals surface area (Å²) in [5.74, 6) is -3.98. The van der Waals surface area contributed by atoms with Crippen LogP contribution in [0.25, 0.3) is 10.9 Å². The fraction of sp³-hybridized carbons (Fsp3) is 0.200. The van der Waals surface area contributed by atoms with Gasteiger partial charge in [-0.1, -0.05) is 0 Å². The molecule has 0 aliphatic rings. The van der Waals surface area contributed by atoms with Gasteiger partial charge in [-0.25, -0.2) is 22.9 Å². The number of halogens is 3. The molecule has 1 heterocycles. The van der Waals surface area contributed by atoms with Crippen molar-refractivity contribution >= 4 is 10.9 Å². The van der Waals surface area contributed by atoms with Gasteiger partial charge in [0, 0.05) is 12.5 Å². The molecule has 3 nitrogen and oxygen atoms in total. The lowest BCUT2D eigenvalue weighted by Crippen LogP contribution is -2.10. The van der Waals surface area contributed by atoms with Gasteiger partial charge in [-0.05, 0) is 6.92 Å². The van der Waals surface area contributed by atoms with Gasteiger partial charge in [-0.15, -0.1) is 0 Å². The van der Waals surface area contributed by atoms with Crippen LogP contribution in [0.15, 0.2) is 9.21 Å². The van der Waals surface area contributed by atoms with Crippen molar-refractivity contribution in [3.63, 3.8) is 0 Å². The number of hydrogen-bond donors (Lipinski definition) is 0. The highest BCUT2D eigenvalue weighted by molar-refractivity contribution is 5.79. The fourth-order valence-corrected chi connectivity index (χ4v) is 1.42. The zero-order chi connectivity index (χ0) is 12.0. The van der Waals surface area contributed by atoms with E-state index < -0.39 is 39.5 Å². The van der Waals surface area contributed by atoms with Crippen LogP contribution in [0.1, 0.15) is 11.5 Å². The molecule has 0 spiro atoms. The standard InChI is InChI=1S/C10H6F3NO2/c1-3-6(11)5-9(8(13)7(3)12)14-4(2)16-10(5)15/h1-2H3. The Labute approximate surface area is 87.5 Å². The molecule has 0 radical (unpaired) electrons. The molecular formula is C10H6F3NO2. The van der Waals surface area contributed by atoms with Crippen LogP contribution in [0, 0.1) is 31.3 Å². The highest BCUT2D eigenvalue weighted by Crippen LogP contribution is 2.23. The zero-order valence-corrected chi connectivity index (χ0v) is 8.40. The summed E-state index contributed by atoms with van der Waals surface area (Å²) < 4.78 is 44.7. The van der Waals surface area contributed by atoms with Crippen LogP contribution in [0.5, 0.6) is 0 Å². The normalized spacial score (nSPS) is 11.1. The molecule has 0 N–H and O–H groups in total. The fourth-order valence-electron chi connectivity index (χ4n) is 1.42. The quantitative estimate of drug-likeness (QED) is 0.650. The van der Waals surface area contributed by atoms with Crippen LogP contribution in [-0.4, -0.2) is 4.98 Å². The van der Waals surface area contributed by atoms with Crippen LogP contribution in [0.3, 0.4) is 0 Å². The van der Waals surface area contributed by atoms with Crippen molar-refractivity contribution in [3.05, 3.63) is 39.3 Å². The Hall–Kier alpha value is -1.85. The summed E-state index contributed by atoms with van der Waals surface area (Å²) in [6.07, 6.45) is 0. The lowest BCUT2D eigenvalue weighted by Gasteiger charge is -2.04. The molecule has 0 fully saturated rings. The lowest BCUT2D eigenvalue weighted by molar-refractivity contribution is 0.453. The Kier molecular flexibility index (Phi) is 2.22. The van der Waals surface area contributed by atoms with Crippen molar-refractivity contribution in [1.29, 1.82) is 0 Å². The van der Waals surface area contributed by atoms with Crippen LogP contribution < -0.4 is 5.63 Å². The number of rotatable bonds is 0. The lowest BCUT2D eigenvalue weighted by atomic mass is 10.1. The van der Waals surface area contributed by atoms with Gasteiger partial charge in [0.2, 0.25) is 0 Å². The molecule has 0 saturated heterocycles. The van der Waals surface area contributed by atoms with Crippen LogP contribution in [0.2, 0.25) is 0 Å². The van der Waals surface area contributed by atoms with Crippen LogP contribution in [-0.2, 0) is 0 Å². The van der Waals surface area contributed by atoms with Gasteiger partial charge in [-0.3, -0.25) is 0 Å². The van der Waals surface area contributed by atoms with Crippen molar-refractivity contribution in [1.82, 2.24) is 4.98 Å². The maximum atomic E-state index is 13.5. The average Bonchev–Trinajstić information content (AvgIpc) is 2.22. The van der Waals surface area contributed by atoms with Gasteiger partial charge >= 0.3 is 5.63 Å². The molecular weight excluding hydrogens is 223 g/mol. The Morgan fingerprint density at radius 3 is 2.31 bits per heavy atom. The number of aromatic nitrogens is 1. The minimum Gasteiger partial charge on any atom is -0.408 e. The van der Waals surface area contributed by atoms with Crippen molar-refractivity contribution in [2.45, 2.75) is 13.8 Å². The van der Waals surface area contributed by atoms with Gasteiger partial charge in [0.05, 0.1) is 0 Å². The van der Waals surface area contributed by atoms with Crippen molar-refractivity contribution in [2.75, 3.05) is 0 Å². The van der Waals surface area contributed by atoms with Crippen molar-refractivity contribution in [2.24, 2.45) is 0 Å². The summed E-state index contributed by atoms with van der Waals surface area (Å²) in [5.41, 5.74) is -2.28. The largest absolute Gasteiger partial charge is 0.408 e. The smallest absolute Gasteiger partial charge is 0.349 e. The number of nitrogens with zero attached hydrogens (tertiary/aromatic N) is 1. The Morgan fingerprint density at radius 1 is 1.06 bits per heavy atom. The molecule has 0 unspecified atom stereocenters. The maximum absolute atomic E-state index is 13.5. The second-order valence-electron chi connectivity index (χ2n) is 3.31. The molecule has 0 bridgehead atoms. The first-order valence-corrected chi connectivity index (χ1v) is 4.38. The zero-order valence-electron chi connectivity index (χ0n) is 8.40. The van der Waals surface area contributed by atoms with Crippen LogP contribution >= 0.6 is 0 Å². The molecule has 16 heavy (non-hydrogen) atoms. The highest BCUT2D eigenvalue weighted by Gasteiger charge is 2.21.